The predicted octanol–water partition coefficient (Wildman–Crippen LogP) is 2.72. The van der Waals surface area contributed by atoms with Crippen LogP contribution in [0.2, 0.25) is 0 Å². The van der Waals surface area contributed by atoms with E-state index in [1.54, 1.807) is 6.08 Å². The molecule has 140 valence electrons. The van der Waals surface area contributed by atoms with Gasteiger partial charge >= 0.3 is 5.97 Å². The van der Waals surface area contributed by atoms with Gasteiger partial charge in [0.25, 0.3) is 0 Å². The van der Waals surface area contributed by atoms with Crippen molar-refractivity contribution in [2.24, 2.45) is 22.7 Å². The van der Waals surface area contributed by atoms with Crippen molar-refractivity contribution in [3.8, 4) is 0 Å². The first-order valence-corrected chi connectivity index (χ1v) is 9.04. The zero-order chi connectivity index (χ0) is 18.8. The van der Waals surface area contributed by atoms with Crippen molar-refractivity contribution in [3.63, 3.8) is 0 Å². The van der Waals surface area contributed by atoms with Crippen LogP contribution in [0.5, 0.6) is 0 Å². The molecule has 0 aliphatic heterocycles. The summed E-state index contributed by atoms with van der Waals surface area (Å²) in [6.45, 7) is 6.22. The normalized spacial score (nSPS) is 34.8. The molecule has 1 saturated carbocycles. The summed E-state index contributed by atoms with van der Waals surface area (Å²) in [6.07, 6.45) is 6.99. The van der Waals surface area contributed by atoms with Gasteiger partial charge in [-0.25, -0.2) is 4.79 Å². The van der Waals surface area contributed by atoms with Gasteiger partial charge in [-0.05, 0) is 65.6 Å². The number of allylic oxidation sites excluding steroid dienone is 1. The molecule has 1 fully saturated rings. The van der Waals surface area contributed by atoms with Crippen molar-refractivity contribution in [2.45, 2.75) is 59.0 Å². The topological polar surface area (TPSA) is 94.8 Å². The molecule has 0 radical (unpaired) electrons. The molecule has 3 N–H and O–H groups in total. The lowest BCUT2D eigenvalue weighted by Crippen LogP contribution is -2.54. The van der Waals surface area contributed by atoms with Gasteiger partial charge in [0.15, 0.2) is 0 Å². The fourth-order valence-corrected chi connectivity index (χ4v) is 5.48. The molecule has 25 heavy (non-hydrogen) atoms. The zero-order valence-electron chi connectivity index (χ0n) is 15.4. The second kappa shape index (κ2) is 7.42. The molecule has 2 aliphatic rings. The van der Waals surface area contributed by atoms with Crippen LogP contribution in [0.4, 0.5) is 0 Å². The van der Waals surface area contributed by atoms with E-state index < -0.39 is 12.1 Å². The largest absolute Gasteiger partial charge is 0.478 e. The van der Waals surface area contributed by atoms with Crippen LogP contribution in [0, 0.1) is 22.7 Å². The number of aliphatic carboxylic acids is 1. The first-order chi connectivity index (χ1) is 11.7. The molecule has 0 aromatic rings. The Morgan fingerprint density at radius 1 is 1.32 bits per heavy atom. The highest BCUT2D eigenvalue weighted by atomic mass is 16.4. The van der Waals surface area contributed by atoms with Crippen LogP contribution in [0.15, 0.2) is 23.3 Å². The Bertz CT molecular complexity index is 589. The van der Waals surface area contributed by atoms with Crippen LogP contribution in [0.1, 0.15) is 52.9 Å². The molecular formula is C20H30O5. The fourth-order valence-electron chi connectivity index (χ4n) is 5.48. The van der Waals surface area contributed by atoms with Crippen LogP contribution in [-0.4, -0.2) is 40.3 Å². The molecule has 0 heterocycles. The monoisotopic (exact) mass is 350 g/mol. The van der Waals surface area contributed by atoms with Crippen molar-refractivity contribution in [3.05, 3.63) is 23.3 Å². The van der Waals surface area contributed by atoms with Gasteiger partial charge in [-0.3, -0.25) is 4.79 Å². The third-order valence-corrected chi connectivity index (χ3v) is 6.41. The Labute approximate surface area is 149 Å². The van der Waals surface area contributed by atoms with E-state index in [1.807, 2.05) is 0 Å². The SMILES string of the molecule is CC1(C)CCCC2(C)C(CCC(=CC(=O)O)CO)C(C=O)=CC(O)C12. The first kappa shape index (κ1) is 19.9. The van der Waals surface area contributed by atoms with E-state index in [4.69, 9.17) is 5.11 Å². The Balaban J connectivity index is 2.35. The number of carbonyl (C=O) groups excluding carboxylic acids is 1. The number of rotatable bonds is 6. The van der Waals surface area contributed by atoms with Crippen LogP contribution in [0.3, 0.4) is 0 Å². The molecule has 4 unspecified atom stereocenters. The van der Waals surface area contributed by atoms with E-state index >= 15 is 0 Å². The molecule has 0 bridgehead atoms. The Morgan fingerprint density at radius 2 is 2.00 bits per heavy atom. The highest BCUT2D eigenvalue weighted by Gasteiger charge is 2.55. The van der Waals surface area contributed by atoms with Crippen molar-refractivity contribution in [1.29, 1.82) is 0 Å². The molecule has 0 saturated heterocycles. The summed E-state index contributed by atoms with van der Waals surface area (Å²) in [6, 6.07) is 0. The van der Waals surface area contributed by atoms with Gasteiger partial charge in [0.1, 0.15) is 6.29 Å². The molecule has 4 atom stereocenters. The van der Waals surface area contributed by atoms with Crippen molar-refractivity contribution in [1.82, 2.24) is 0 Å². The number of hydrogen-bond donors (Lipinski definition) is 3. The van der Waals surface area contributed by atoms with Gasteiger partial charge in [0.05, 0.1) is 12.7 Å². The minimum Gasteiger partial charge on any atom is -0.478 e. The third kappa shape index (κ3) is 3.87. The summed E-state index contributed by atoms with van der Waals surface area (Å²) < 4.78 is 0. The van der Waals surface area contributed by atoms with Crippen LogP contribution < -0.4 is 0 Å². The maximum Gasteiger partial charge on any atom is 0.328 e. The molecule has 5 heteroatoms. The van der Waals surface area contributed by atoms with Gasteiger partial charge < -0.3 is 15.3 Å². The second-order valence-electron chi connectivity index (χ2n) is 8.49. The Morgan fingerprint density at radius 3 is 2.56 bits per heavy atom. The molecule has 0 aromatic heterocycles. The lowest BCUT2D eigenvalue weighted by atomic mass is 9.47. The van der Waals surface area contributed by atoms with Gasteiger partial charge in [-0.15, -0.1) is 0 Å². The van der Waals surface area contributed by atoms with Gasteiger partial charge in [0, 0.05) is 6.08 Å². The average molecular weight is 350 g/mol. The van der Waals surface area contributed by atoms with E-state index in [2.05, 4.69) is 20.8 Å². The van der Waals surface area contributed by atoms with Crippen LogP contribution in [0.25, 0.3) is 0 Å². The average Bonchev–Trinajstić information content (AvgIpc) is 2.50. The summed E-state index contributed by atoms with van der Waals surface area (Å²) in [5.74, 6) is -1.05. The maximum atomic E-state index is 11.6. The number of carboxylic acid groups (broad SMARTS) is 1. The van der Waals surface area contributed by atoms with E-state index in [0.717, 1.165) is 31.6 Å². The highest BCUT2D eigenvalue weighted by Crippen LogP contribution is 2.60. The first-order valence-electron chi connectivity index (χ1n) is 9.04. The van der Waals surface area contributed by atoms with E-state index in [-0.39, 0.29) is 29.3 Å². The lowest BCUT2D eigenvalue weighted by molar-refractivity contribution is -0.131. The molecule has 2 aliphatic carbocycles. The number of hydrogen-bond acceptors (Lipinski definition) is 4. The summed E-state index contributed by atoms with van der Waals surface area (Å²) in [5.41, 5.74) is 0.832. The molecule has 5 nitrogen and oxygen atoms in total. The van der Waals surface area contributed by atoms with Crippen molar-refractivity contribution >= 4 is 12.3 Å². The summed E-state index contributed by atoms with van der Waals surface area (Å²) in [7, 11) is 0. The number of aliphatic hydroxyl groups excluding tert-OH is 2. The standard InChI is InChI=1S/C20H30O5/c1-19(2)7-4-8-20(3)15(6-5-13(11-21)9-17(24)25)14(12-22)10-16(23)18(19)20/h9-10,12,15-16,18,21,23H,4-8,11H2,1-3H3,(H,24,25). The smallest absolute Gasteiger partial charge is 0.328 e. The summed E-state index contributed by atoms with van der Waals surface area (Å²) in [4.78, 5) is 22.5. The lowest BCUT2D eigenvalue weighted by Gasteiger charge is -2.58. The minimum absolute atomic E-state index is 0.0215. The molecule has 0 spiro atoms. The highest BCUT2D eigenvalue weighted by molar-refractivity contribution is 5.80. The van der Waals surface area contributed by atoms with E-state index in [9.17, 15) is 19.8 Å². The number of aldehydes is 1. The minimum atomic E-state index is -1.07. The number of carbonyl (C=O) groups is 2. The quantitative estimate of drug-likeness (QED) is 0.506. The molecule has 0 aromatic carbocycles. The predicted molar refractivity (Wildman–Crippen MR) is 94.9 cm³/mol. The molecular weight excluding hydrogens is 320 g/mol. The van der Waals surface area contributed by atoms with Crippen LogP contribution in [-0.2, 0) is 9.59 Å². The third-order valence-electron chi connectivity index (χ3n) is 6.41. The summed E-state index contributed by atoms with van der Waals surface area (Å²) >= 11 is 0. The molecule has 0 amide bonds. The molecule has 2 rings (SSSR count). The van der Waals surface area contributed by atoms with Gasteiger partial charge in [-0.2, -0.15) is 0 Å². The zero-order valence-corrected chi connectivity index (χ0v) is 15.4. The summed E-state index contributed by atoms with van der Waals surface area (Å²) in [5, 5.41) is 29.0. The number of fused-ring (bicyclic) bond motifs is 1. The second-order valence-corrected chi connectivity index (χ2v) is 8.49. The van der Waals surface area contributed by atoms with Crippen LogP contribution >= 0.6 is 0 Å². The Kier molecular flexibility index (Phi) is 5.89. The Hall–Kier alpha value is -1.46. The van der Waals surface area contributed by atoms with E-state index in [1.165, 1.54) is 0 Å². The van der Waals surface area contributed by atoms with E-state index in [0.29, 0.717) is 24.0 Å². The number of carboxylic acids is 1. The van der Waals surface area contributed by atoms with Crippen molar-refractivity contribution in [2.75, 3.05) is 6.61 Å². The van der Waals surface area contributed by atoms with Gasteiger partial charge in [0.2, 0.25) is 0 Å². The number of aliphatic hydroxyl groups is 2. The maximum absolute atomic E-state index is 11.6. The van der Waals surface area contributed by atoms with Crippen molar-refractivity contribution < 1.29 is 24.9 Å². The fraction of sp³-hybridized carbons (Fsp3) is 0.700. The van der Waals surface area contributed by atoms with Gasteiger partial charge in [-0.1, -0.05) is 27.2 Å².